The van der Waals surface area contributed by atoms with Crippen molar-refractivity contribution in [3.8, 4) is 0 Å². The number of aryl methyl sites for hydroxylation is 1. The first-order valence-corrected chi connectivity index (χ1v) is 13.1. The maximum Gasteiger partial charge on any atom is 0.264 e. The first-order chi connectivity index (χ1) is 17.6. The normalized spacial score (nSPS) is 15.9. The molecule has 3 aromatic carbocycles. The summed E-state index contributed by atoms with van der Waals surface area (Å²) in [7, 11) is -4.28. The van der Waals surface area contributed by atoms with Crippen LogP contribution in [0.4, 0.5) is 0 Å². The van der Waals surface area contributed by atoms with Gasteiger partial charge in [-0.05, 0) is 36.8 Å². The first kappa shape index (κ1) is 26.0. The number of aliphatic hydroxyl groups is 1. The van der Waals surface area contributed by atoms with Crippen molar-refractivity contribution in [2.24, 2.45) is 5.92 Å². The molecule has 0 aliphatic carbocycles. The van der Waals surface area contributed by atoms with E-state index in [1.807, 2.05) is 10.8 Å². The molecule has 0 saturated carbocycles. The predicted molar refractivity (Wildman–Crippen MR) is 137 cm³/mol. The molecule has 1 aliphatic rings. The van der Waals surface area contributed by atoms with Gasteiger partial charge in [0.15, 0.2) is 0 Å². The van der Waals surface area contributed by atoms with Crippen LogP contribution < -0.4 is 4.72 Å². The Kier molecular flexibility index (Phi) is 7.37. The van der Waals surface area contributed by atoms with Crippen molar-refractivity contribution in [2.75, 3.05) is 0 Å². The van der Waals surface area contributed by atoms with Gasteiger partial charge in [0.05, 0.1) is 22.1 Å². The molecule has 0 saturated heterocycles. The van der Waals surface area contributed by atoms with E-state index in [1.165, 1.54) is 36.4 Å². The van der Waals surface area contributed by atoms with Crippen molar-refractivity contribution in [1.82, 2.24) is 9.62 Å². The third-order valence-corrected chi connectivity index (χ3v) is 7.54. The topological polar surface area (TPSA) is 121 Å². The van der Waals surface area contributed by atoms with Crippen LogP contribution in [0.15, 0.2) is 95.9 Å². The van der Waals surface area contributed by atoms with Crippen LogP contribution in [0, 0.1) is 12.8 Å². The van der Waals surface area contributed by atoms with Crippen LogP contribution in [-0.2, 0) is 14.8 Å². The third kappa shape index (κ3) is 5.37. The monoisotopic (exact) mass is 518 g/mol. The molecular weight excluding hydrogens is 492 g/mol. The van der Waals surface area contributed by atoms with Crippen LogP contribution in [0.1, 0.15) is 44.9 Å². The highest BCUT2D eigenvalue weighted by Gasteiger charge is 2.42. The highest BCUT2D eigenvalue weighted by molar-refractivity contribution is 7.90. The first-order valence-electron chi connectivity index (χ1n) is 11.6. The van der Waals surface area contributed by atoms with E-state index in [9.17, 15) is 27.9 Å². The number of carbonyl (C=O) groups excluding carboxylic acids is 3. The Balaban J connectivity index is 1.66. The van der Waals surface area contributed by atoms with Gasteiger partial charge in [-0.2, -0.15) is 0 Å². The van der Waals surface area contributed by atoms with Crippen molar-refractivity contribution < 1.29 is 27.9 Å². The second kappa shape index (κ2) is 10.5. The largest absolute Gasteiger partial charge is 0.388 e. The number of fused-ring (bicyclic) bond motifs is 1. The van der Waals surface area contributed by atoms with E-state index in [2.05, 4.69) is 0 Å². The molecule has 0 aromatic heterocycles. The molecule has 0 bridgehead atoms. The molecule has 3 amide bonds. The maximum absolute atomic E-state index is 13.3. The lowest BCUT2D eigenvalue weighted by molar-refractivity contribution is -0.121. The van der Waals surface area contributed by atoms with Crippen LogP contribution in [0.3, 0.4) is 0 Å². The van der Waals surface area contributed by atoms with E-state index in [1.54, 1.807) is 62.4 Å². The zero-order valence-corrected chi connectivity index (χ0v) is 21.1. The molecule has 2 N–H and O–H groups in total. The maximum atomic E-state index is 13.3. The van der Waals surface area contributed by atoms with E-state index < -0.39 is 45.8 Å². The number of nitrogens with zero attached hydrogens (tertiary/aromatic N) is 1. The van der Waals surface area contributed by atoms with Crippen molar-refractivity contribution in [2.45, 2.75) is 30.9 Å². The summed E-state index contributed by atoms with van der Waals surface area (Å²) in [5.74, 6) is -3.03. The zero-order valence-electron chi connectivity index (χ0n) is 20.2. The van der Waals surface area contributed by atoms with Crippen LogP contribution in [0.25, 0.3) is 0 Å². The molecule has 3 aromatic rings. The molecule has 0 fully saturated rings. The van der Waals surface area contributed by atoms with Crippen molar-refractivity contribution >= 4 is 27.7 Å². The van der Waals surface area contributed by atoms with Gasteiger partial charge in [-0.15, -0.1) is 0 Å². The van der Waals surface area contributed by atoms with Crippen LogP contribution >= 0.6 is 0 Å². The fourth-order valence-electron chi connectivity index (χ4n) is 4.06. The predicted octanol–water partition coefficient (Wildman–Crippen LogP) is 3.39. The van der Waals surface area contributed by atoms with E-state index >= 15 is 0 Å². The Bertz CT molecular complexity index is 1430. The second-order valence-corrected chi connectivity index (χ2v) is 10.5. The molecule has 1 heterocycles. The number of amides is 3. The van der Waals surface area contributed by atoms with Gasteiger partial charge in [0, 0.05) is 5.92 Å². The minimum atomic E-state index is -4.28. The number of nitrogens with one attached hydrogen (secondary N) is 1. The van der Waals surface area contributed by atoms with E-state index in [-0.39, 0.29) is 16.0 Å². The van der Waals surface area contributed by atoms with Crippen molar-refractivity contribution in [3.05, 3.63) is 113 Å². The summed E-state index contributed by atoms with van der Waals surface area (Å²) in [4.78, 5) is 40.2. The van der Waals surface area contributed by atoms with Crippen LogP contribution in [-0.4, -0.2) is 42.2 Å². The van der Waals surface area contributed by atoms with Gasteiger partial charge < -0.3 is 5.11 Å². The molecule has 1 aliphatic heterocycles. The van der Waals surface area contributed by atoms with E-state index in [0.29, 0.717) is 5.56 Å². The molecule has 0 spiro atoms. The summed E-state index contributed by atoms with van der Waals surface area (Å²) in [6.45, 7) is 3.50. The Hall–Kier alpha value is -4.08. The molecule has 4 rings (SSSR count). The number of imide groups is 1. The van der Waals surface area contributed by atoms with Gasteiger partial charge in [0.1, 0.15) is 6.04 Å². The lowest BCUT2D eigenvalue weighted by atomic mass is 9.96. The summed E-state index contributed by atoms with van der Waals surface area (Å²) in [6, 6.07) is 19.3. The van der Waals surface area contributed by atoms with Gasteiger partial charge in [0.2, 0.25) is 0 Å². The molecule has 9 heteroatoms. The number of carbonyl (C=O) groups is 3. The quantitative estimate of drug-likeness (QED) is 0.348. The number of hydrogen-bond acceptors (Lipinski definition) is 6. The Labute approximate surface area is 215 Å². The highest BCUT2D eigenvalue weighted by Crippen LogP contribution is 2.27. The number of sulfonamides is 1. The second-order valence-electron chi connectivity index (χ2n) is 8.85. The Morgan fingerprint density at radius 3 is 1.97 bits per heavy atom. The number of benzene rings is 3. The summed E-state index contributed by atoms with van der Waals surface area (Å²) >= 11 is 0. The minimum Gasteiger partial charge on any atom is -0.388 e. The van der Waals surface area contributed by atoms with Gasteiger partial charge in [0.25, 0.3) is 27.7 Å². The summed E-state index contributed by atoms with van der Waals surface area (Å²) < 4.78 is 27.8. The lowest BCUT2D eigenvalue weighted by Crippen LogP contribution is -2.50. The van der Waals surface area contributed by atoms with Crippen molar-refractivity contribution in [1.29, 1.82) is 0 Å². The fraction of sp³-hybridized carbons (Fsp3) is 0.179. The number of rotatable bonds is 8. The molecular formula is C28H26N2O6S. The van der Waals surface area contributed by atoms with Crippen LogP contribution in [0.5, 0.6) is 0 Å². The smallest absolute Gasteiger partial charge is 0.264 e. The van der Waals surface area contributed by atoms with Gasteiger partial charge in [-0.1, -0.05) is 79.2 Å². The number of hydrogen-bond donors (Lipinski definition) is 2. The average molecular weight is 519 g/mol. The molecule has 0 radical (unpaired) electrons. The average Bonchev–Trinajstić information content (AvgIpc) is 3.14. The molecule has 8 nitrogen and oxygen atoms in total. The standard InChI is InChI=1S/C28H26N2O6S/c1-18-12-15-21(16-13-18)37(35,36)29-26(32)24(17-14-19(2)25(31)20-8-4-3-5-9-20)30-27(33)22-10-6-7-11-23(22)28(30)34/h3-17,19,24-25,31H,1-2H3,(H,29,32)/b17-14-/t19-,24+,25-/m0/s1. The molecule has 3 atom stereocenters. The summed E-state index contributed by atoms with van der Waals surface area (Å²) in [5.41, 5.74) is 1.72. The molecule has 0 unspecified atom stereocenters. The summed E-state index contributed by atoms with van der Waals surface area (Å²) in [6.07, 6.45) is 1.84. The van der Waals surface area contributed by atoms with E-state index in [0.717, 1.165) is 10.5 Å². The van der Waals surface area contributed by atoms with E-state index in [4.69, 9.17) is 0 Å². The zero-order chi connectivity index (χ0) is 26.7. The SMILES string of the molecule is Cc1ccc(S(=O)(=O)NC(=O)[C@@H](/C=C\[C@H](C)[C@H](O)c2ccccc2)N2C(=O)c3ccccc3C2=O)cc1. The Morgan fingerprint density at radius 2 is 1.41 bits per heavy atom. The van der Waals surface area contributed by atoms with Crippen LogP contribution in [0.2, 0.25) is 0 Å². The Morgan fingerprint density at radius 1 is 0.865 bits per heavy atom. The fourth-order valence-corrected chi connectivity index (χ4v) is 5.06. The third-order valence-electron chi connectivity index (χ3n) is 6.17. The molecule has 190 valence electrons. The number of aliphatic hydroxyl groups excluding tert-OH is 1. The van der Waals surface area contributed by atoms with Crippen molar-refractivity contribution in [3.63, 3.8) is 0 Å². The highest BCUT2D eigenvalue weighted by atomic mass is 32.2. The van der Waals surface area contributed by atoms with Gasteiger partial charge in [-0.25, -0.2) is 13.1 Å². The van der Waals surface area contributed by atoms with Gasteiger partial charge >= 0.3 is 0 Å². The summed E-state index contributed by atoms with van der Waals surface area (Å²) in [5, 5.41) is 10.7. The van der Waals surface area contributed by atoms with Gasteiger partial charge in [-0.3, -0.25) is 19.3 Å². The minimum absolute atomic E-state index is 0.123. The lowest BCUT2D eigenvalue weighted by Gasteiger charge is -2.24. The molecule has 37 heavy (non-hydrogen) atoms.